The van der Waals surface area contributed by atoms with Crippen LogP contribution in [0.4, 0.5) is 5.69 Å². The molecule has 9 heteroatoms. The highest BCUT2D eigenvalue weighted by molar-refractivity contribution is 9.10. The molecule has 0 saturated carbocycles. The maximum absolute atomic E-state index is 12.2. The first-order chi connectivity index (χ1) is 13.0. The predicted molar refractivity (Wildman–Crippen MR) is 111 cm³/mol. The molecule has 1 aromatic heterocycles. The molecule has 0 unspecified atom stereocenters. The molecule has 1 amide bonds. The van der Waals surface area contributed by atoms with E-state index in [0.717, 1.165) is 10.0 Å². The molecule has 3 aromatic rings. The van der Waals surface area contributed by atoms with E-state index in [2.05, 4.69) is 31.4 Å². The summed E-state index contributed by atoms with van der Waals surface area (Å²) in [4.78, 5) is 12.2. The van der Waals surface area contributed by atoms with E-state index in [1.165, 1.54) is 11.8 Å². The Hall–Kier alpha value is -2.03. The fourth-order valence-corrected chi connectivity index (χ4v) is 3.84. The van der Waals surface area contributed by atoms with Crippen LogP contribution in [0.15, 0.2) is 52.1 Å². The summed E-state index contributed by atoms with van der Waals surface area (Å²) < 4.78 is 8.07. The highest BCUT2D eigenvalue weighted by Crippen LogP contribution is 2.30. The second-order valence-electron chi connectivity index (χ2n) is 5.53. The van der Waals surface area contributed by atoms with Gasteiger partial charge in [-0.3, -0.25) is 4.79 Å². The fraction of sp³-hybridized carbons (Fsp3) is 0.167. The number of nitrogens with zero attached hydrogens (tertiary/aromatic N) is 3. The third kappa shape index (κ3) is 4.63. The van der Waals surface area contributed by atoms with E-state index in [0.29, 0.717) is 27.4 Å². The Kier molecular flexibility index (Phi) is 6.41. The first-order valence-corrected chi connectivity index (χ1v) is 10.1. The van der Waals surface area contributed by atoms with Crippen molar-refractivity contribution < 1.29 is 9.53 Å². The number of carbonyl (C=O) groups is 1. The molecule has 2 aromatic carbocycles. The monoisotopic (exact) mass is 466 g/mol. The minimum atomic E-state index is -0.175. The summed E-state index contributed by atoms with van der Waals surface area (Å²) in [6.07, 6.45) is 0. The predicted octanol–water partition coefficient (Wildman–Crippen LogP) is 4.64. The van der Waals surface area contributed by atoms with Gasteiger partial charge in [-0.1, -0.05) is 51.4 Å². The van der Waals surface area contributed by atoms with Crippen molar-refractivity contribution >= 4 is 50.9 Å². The molecule has 3 rings (SSSR count). The lowest BCUT2D eigenvalue weighted by atomic mass is 10.2. The minimum Gasteiger partial charge on any atom is -0.496 e. The van der Waals surface area contributed by atoms with E-state index in [1.807, 2.05) is 41.9 Å². The Balaban J connectivity index is 1.68. The lowest BCUT2D eigenvalue weighted by molar-refractivity contribution is -0.113. The number of halogens is 2. The highest BCUT2D eigenvalue weighted by Gasteiger charge is 2.16. The van der Waals surface area contributed by atoms with Crippen molar-refractivity contribution in [3.05, 3.63) is 52.0 Å². The Morgan fingerprint density at radius 1 is 1.30 bits per heavy atom. The van der Waals surface area contributed by atoms with Crippen LogP contribution in [-0.2, 0) is 11.8 Å². The molecule has 0 aliphatic rings. The lowest BCUT2D eigenvalue weighted by Gasteiger charge is -2.09. The Labute approximate surface area is 174 Å². The number of methoxy groups -OCH3 is 1. The number of carbonyl (C=O) groups excluding carboxylic acids is 1. The van der Waals surface area contributed by atoms with Gasteiger partial charge in [-0.2, -0.15) is 0 Å². The Morgan fingerprint density at radius 3 is 2.81 bits per heavy atom. The topological polar surface area (TPSA) is 69.0 Å². The molecule has 0 atom stereocenters. The average Bonchev–Trinajstić information content (AvgIpc) is 3.02. The first-order valence-electron chi connectivity index (χ1n) is 7.90. The van der Waals surface area contributed by atoms with Crippen LogP contribution in [0, 0.1) is 0 Å². The van der Waals surface area contributed by atoms with Gasteiger partial charge < -0.3 is 14.6 Å². The molecule has 0 radical (unpaired) electrons. The molecule has 0 saturated heterocycles. The van der Waals surface area contributed by atoms with Gasteiger partial charge in [-0.05, 0) is 30.3 Å². The molecule has 0 bridgehead atoms. The summed E-state index contributed by atoms with van der Waals surface area (Å²) >= 11 is 10.8. The van der Waals surface area contributed by atoms with Crippen LogP contribution in [0.1, 0.15) is 0 Å². The third-order valence-electron chi connectivity index (χ3n) is 3.72. The molecule has 0 aliphatic heterocycles. The van der Waals surface area contributed by atoms with Gasteiger partial charge in [-0.25, -0.2) is 0 Å². The molecule has 140 valence electrons. The zero-order chi connectivity index (χ0) is 19.4. The maximum atomic E-state index is 12.2. The second kappa shape index (κ2) is 8.77. The fourth-order valence-electron chi connectivity index (χ4n) is 2.41. The van der Waals surface area contributed by atoms with Crippen molar-refractivity contribution in [1.29, 1.82) is 0 Å². The standard InChI is InChI=1S/C18H16BrClN4O2S/c1-24-17(12-5-3-4-6-15(12)26-2)22-23-18(24)27-10-16(25)21-14-8-7-11(19)9-13(14)20/h3-9H,10H2,1-2H3,(H,21,25). The van der Waals surface area contributed by atoms with E-state index in [4.69, 9.17) is 16.3 Å². The third-order valence-corrected chi connectivity index (χ3v) is 5.55. The number of para-hydroxylation sites is 1. The smallest absolute Gasteiger partial charge is 0.234 e. The van der Waals surface area contributed by atoms with Crippen LogP contribution in [0.25, 0.3) is 11.4 Å². The van der Waals surface area contributed by atoms with Crippen LogP contribution in [-0.4, -0.2) is 33.5 Å². The van der Waals surface area contributed by atoms with Crippen LogP contribution in [0.2, 0.25) is 5.02 Å². The van der Waals surface area contributed by atoms with E-state index in [1.54, 1.807) is 19.2 Å². The van der Waals surface area contributed by atoms with Crippen molar-refractivity contribution in [2.24, 2.45) is 7.05 Å². The number of benzene rings is 2. The number of hydrogen-bond acceptors (Lipinski definition) is 5. The van der Waals surface area contributed by atoms with E-state index in [9.17, 15) is 4.79 Å². The van der Waals surface area contributed by atoms with E-state index in [-0.39, 0.29) is 11.7 Å². The van der Waals surface area contributed by atoms with E-state index < -0.39 is 0 Å². The molecule has 27 heavy (non-hydrogen) atoms. The number of rotatable bonds is 6. The zero-order valence-corrected chi connectivity index (χ0v) is 17.7. The number of anilines is 1. The molecule has 1 N–H and O–H groups in total. The highest BCUT2D eigenvalue weighted by atomic mass is 79.9. The van der Waals surface area contributed by atoms with Gasteiger partial charge >= 0.3 is 0 Å². The normalized spacial score (nSPS) is 10.7. The number of aromatic nitrogens is 3. The molecule has 6 nitrogen and oxygen atoms in total. The molecular weight excluding hydrogens is 452 g/mol. The van der Waals surface area contributed by atoms with Crippen molar-refractivity contribution in [2.75, 3.05) is 18.2 Å². The van der Waals surface area contributed by atoms with Crippen LogP contribution < -0.4 is 10.1 Å². The lowest BCUT2D eigenvalue weighted by Crippen LogP contribution is -2.14. The summed E-state index contributed by atoms with van der Waals surface area (Å²) in [6.45, 7) is 0. The first kappa shape index (κ1) is 19.7. The van der Waals surface area contributed by atoms with E-state index >= 15 is 0 Å². The molecular formula is C18H16BrClN4O2S. The minimum absolute atomic E-state index is 0.175. The van der Waals surface area contributed by atoms with Crippen molar-refractivity contribution in [2.45, 2.75) is 5.16 Å². The molecule has 0 aliphatic carbocycles. The summed E-state index contributed by atoms with van der Waals surface area (Å²) in [5.74, 6) is 1.40. The SMILES string of the molecule is COc1ccccc1-c1nnc(SCC(=O)Nc2ccc(Br)cc2Cl)n1C. The second-order valence-corrected chi connectivity index (χ2v) is 7.79. The summed E-state index contributed by atoms with van der Waals surface area (Å²) in [5.41, 5.74) is 1.41. The largest absolute Gasteiger partial charge is 0.496 e. The zero-order valence-electron chi connectivity index (χ0n) is 14.6. The van der Waals surface area contributed by atoms with Gasteiger partial charge in [0.1, 0.15) is 5.75 Å². The van der Waals surface area contributed by atoms with Gasteiger partial charge in [0.25, 0.3) is 0 Å². The number of amides is 1. The summed E-state index contributed by atoms with van der Waals surface area (Å²) in [5, 5.41) is 12.3. The Bertz CT molecular complexity index is 980. The molecule has 1 heterocycles. The summed E-state index contributed by atoms with van der Waals surface area (Å²) in [7, 11) is 3.47. The van der Waals surface area contributed by atoms with Crippen molar-refractivity contribution in [3.63, 3.8) is 0 Å². The van der Waals surface area contributed by atoms with Crippen LogP contribution in [0.5, 0.6) is 5.75 Å². The maximum Gasteiger partial charge on any atom is 0.234 e. The van der Waals surface area contributed by atoms with Gasteiger partial charge in [-0.15, -0.1) is 10.2 Å². The van der Waals surface area contributed by atoms with Gasteiger partial charge in [0, 0.05) is 11.5 Å². The summed E-state index contributed by atoms with van der Waals surface area (Å²) in [6, 6.07) is 12.9. The van der Waals surface area contributed by atoms with Crippen LogP contribution >= 0.6 is 39.3 Å². The number of thioether (sulfide) groups is 1. The van der Waals surface area contributed by atoms with Crippen molar-refractivity contribution in [3.8, 4) is 17.1 Å². The number of ether oxygens (including phenoxy) is 1. The van der Waals surface area contributed by atoms with Gasteiger partial charge in [0.2, 0.25) is 5.91 Å². The van der Waals surface area contributed by atoms with Crippen molar-refractivity contribution in [1.82, 2.24) is 14.8 Å². The van der Waals surface area contributed by atoms with Gasteiger partial charge in [0.05, 0.1) is 29.1 Å². The molecule has 0 fully saturated rings. The Morgan fingerprint density at radius 2 is 2.07 bits per heavy atom. The number of nitrogens with one attached hydrogen (secondary N) is 1. The molecule has 0 spiro atoms. The average molecular weight is 468 g/mol. The van der Waals surface area contributed by atoms with Gasteiger partial charge in [0.15, 0.2) is 11.0 Å². The quantitative estimate of drug-likeness (QED) is 0.535. The number of hydrogen-bond donors (Lipinski definition) is 1. The van der Waals surface area contributed by atoms with Crippen LogP contribution in [0.3, 0.4) is 0 Å².